The number of rotatable bonds is 6. The van der Waals surface area contributed by atoms with Crippen molar-refractivity contribution in [3.8, 4) is 28.8 Å². The van der Waals surface area contributed by atoms with E-state index in [1.165, 1.54) is 13.3 Å². The van der Waals surface area contributed by atoms with Crippen molar-refractivity contribution < 1.29 is 23.7 Å². The highest BCUT2D eigenvalue weighted by atomic mass is 16.7. The van der Waals surface area contributed by atoms with E-state index in [1.807, 2.05) is 41.1 Å². The first kappa shape index (κ1) is 19.6. The van der Waals surface area contributed by atoms with Crippen LogP contribution in [0.4, 0.5) is 0 Å². The number of fused-ring (bicyclic) bond motifs is 1. The highest BCUT2D eigenvalue weighted by Crippen LogP contribution is 2.33. The van der Waals surface area contributed by atoms with E-state index in [1.54, 1.807) is 24.7 Å². The number of carbonyl (C=O) groups excluding carboxylic acids is 1. The van der Waals surface area contributed by atoms with Gasteiger partial charge in [0.1, 0.15) is 17.1 Å². The zero-order chi connectivity index (χ0) is 21.9. The zero-order valence-electron chi connectivity index (χ0n) is 17.1. The number of imidazole rings is 1. The largest absolute Gasteiger partial charge is 0.465 e. The van der Waals surface area contributed by atoms with Crippen LogP contribution in [0.1, 0.15) is 21.7 Å². The molecule has 0 saturated carbocycles. The van der Waals surface area contributed by atoms with Crippen molar-refractivity contribution in [2.45, 2.75) is 6.42 Å². The molecule has 0 bridgehead atoms. The van der Waals surface area contributed by atoms with Crippen LogP contribution in [0.15, 0.2) is 67.4 Å². The van der Waals surface area contributed by atoms with Crippen LogP contribution >= 0.6 is 0 Å². The maximum atomic E-state index is 12.2. The van der Waals surface area contributed by atoms with Crippen molar-refractivity contribution in [1.82, 2.24) is 19.5 Å². The third kappa shape index (κ3) is 3.95. The highest BCUT2D eigenvalue weighted by molar-refractivity contribution is 5.91. The Morgan fingerprint density at radius 1 is 1.12 bits per heavy atom. The summed E-state index contributed by atoms with van der Waals surface area (Å²) in [6, 6.07) is 13.0. The number of hydrogen-bond acceptors (Lipinski definition) is 8. The lowest BCUT2D eigenvalue weighted by Crippen LogP contribution is -2.09. The predicted octanol–water partition coefficient (Wildman–Crippen LogP) is 3.56. The van der Waals surface area contributed by atoms with Crippen molar-refractivity contribution in [2.75, 3.05) is 13.9 Å². The molecule has 0 spiro atoms. The minimum Gasteiger partial charge on any atom is -0.465 e. The van der Waals surface area contributed by atoms with E-state index in [-0.39, 0.29) is 18.2 Å². The Kier molecular flexibility index (Phi) is 5.12. The molecule has 3 heterocycles. The molecule has 0 N–H and O–H groups in total. The molecule has 0 fully saturated rings. The Labute approximate surface area is 183 Å². The van der Waals surface area contributed by atoms with Crippen LogP contribution in [0.5, 0.6) is 23.1 Å². The topological polar surface area (TPSA) is 97.6 Å². The molecule has 1 aliphatic rings. The van der Waals surface area contributed by atoms with E-state index in [9.17, 15) is 4.79 Å². The van der Waals surface area contributed by atoms with Crippen LogP contribution in [0.2, 0.25) is 0 Å². The van der Waals surface area contributed by atoms with E-state index >= 15 is 0 Å². The van der Waals surface area contributed by atoms with Crippen LogP contribution in [0.3, 0.4) is 0 Å². The van der Waals surface area contributed by atoms with Crippen molar-refractivity contribution in [2.24, 2.45) is 0 Å². The monoisotopic (exact) mass is 430 g/mol. The van der Waals surface area contributed by atoms with E-state index < -0.39 is 5.97 Å². The molecule has 0 aliphatic carbocycles. The molecular weight excluding hydrogens is 412 g/mol. The Bertz CT molecular complexity index is 1260. The second-order valence-corrected chi connectivity index (χ2v) is 6.93. The number of methoxy groups -OCH3 is 1. The molecule has 2 aromatic heterocycles. The molecule has 9 heteroatoms. The molecule has 32 heavy (non-hydrogen) atoms. The average Bonchev–Trinajstić information content (AvgIpc) is 3.51. The average molecular weight is 430 g/mol. The van der Waals surface area contributed by atoms with Gasteiger partial charge in [-0.25, -0.2) is 14.8 Å². The zero-order valence-corrected chi connectivity index (χ0v) is 17.1. The van der Waals surface area contributed by atoms with Crippen LogP contribution in [0.25, 0.3) is 5.69 Å². The molecule has 0 radical (unpaired) electrons. The second kappa shape index (κ2) is 8.38. The quantitative estimate of drug-likeness (QED) is 0.428. The molecule has 0 unspecified atom stereocenters. The number of benzene rings is 2. The van der Waals surface area contributed by atoms with E-state index in [2.05, 4.69) is 15.0 Å². The summed E-state index contributed by atoms with van der Waals surface area (Å²) < 4.78 is 23.4. The molecule has 160 valence electrons. The van der Waals surface area contributed by atoms with Crippen LogP contribution < -0.4 is 14.2 Å². The van der Waals surface area contributed by atoms with Gasteiger partial charge in [-0.05, 0) is 42.0 Å². The fourth-order valence-corrected chi connectivity index (χ4v) is 3.26. The van der Waals surface area contributed by atoms with Gasteiger partial charge in [0, 0.05) is 30.7 Å². The molecule has 5 rings (SSSR count). The van der Waals surface area contributed by atoms with Gasteiger partial charge in [-0.1, -0.05) is 6.07 Å². The minimum absolute atomic E-state index is 0.123. The normalized spacial score (nSPS) is 11.9. The standard InChI is InChI=1S/C23H18N4O5/c1-29-23(28)18-12-25-21(11-15-2-7-19-20(10-15)31-14-30-19)26-22(18)32-17-5-3-16(4-6-17)27-9-8-24-13-27/h2-10,12-13H,11,14H2,1H3. The summed E-state index contributed by atoms with van der Waals surface area (Å²) in [6.07, 6.45) is 7.09. The van der Waals surface area contributed by atoms with Crippen LogP contribution in [-0.2, 0) is 11.2 Å². The summed E-state index contributed by atoms with van der Waals surface area (Å²) in [5.41, 5.74) is 2.01. The number of nitrogens with zero attached hydrogens (tertiary/aromatic N) is 4. The molecular formula is C23H18N4O5. The van der Waals surface area contributed by atoms with Crippen molar-refractivity contribution in [3.63, 3.8) is 0 Å². The second-order valence-electron chi connectivity index (χ2n) is 6.93. The van der Waals surface area contributed by atoms with Crippen molar-refractivity contribution in [3.05, 3.63) is 84.3 Å². The summed E-state index contributed by atoms with van der Waals surface area (Å²) in [7, 11) is 1.30. The molecule has 4 aromatic rings. The van der Waals surface area contributed by atoms with Gasteiger partial charge in [0.15, 0.2) is 11.5 Å². The predicted molar refractivity (Wildman–Crippen MR) is 112 cm³/mol. The minimum atomic E-state index is -0.579. The molecule has 1 aliphatic heterocycles. The lowest BCUT2D eigenvalue weighted by Gasteiger charge is -2.11. The maximum absolute atomic E-state index is 12.2. The number of aromatic nitrogens is 4. The fourth-order valence-electron chi connectivity index (χ4n) is 3.26. The third-order valence-corrected chi connectivity index (χ3v) is 4.86. The molecule has 0 amide bonds. The molecule has 0 atom stereocenters. The van der Waals surface area contributed by atoms with E-state index in [4.69, 9.17) is 18.9 Å². The highest BCUT2D eigenvalue weighted by Gasteiger charge is 2.19. The van der Waals surface area contributed by atoms with Gasteiger partial charge < -0.3 is 23.5 Å². The Balaban J connectivity index is 1.41. The maximum Gasteiger partial charge on any atom is 0.345 e. The summed E-state index contributed by atoms with van der Waals surface area (Å²) in [5.74, 6) is 1.94. The SMILES string of the molecule is COC(=O)c1cnc(Cc2ccc3c(c2)OCO3)nc1Oc1ccc(-n2ccnc2)cc1. The van der Waals surface area contributed by atoms with Gasteiger partial charge in [0.2, 0.25) is 12.7 Å². The number of carbonyl (C=O) groups is 1. The van der Waals surface area contributed by atoms with Gasteiger partial charge in [0.25, 0.3) is 0 Å². The lowest BCUT2D eigenvalue weighted by atomic mass is 10.1. The lowest BCUT2D eigenvalue weighted by molar-refractivity contribution is 0.0596. The first-order valence-electron chi connectivity index (χ1n) is 9.78. The first-order valence-corrected chi connectivity index (χ1v) is 9.78. The molecule has 2 aromatic carbocycles. The summed E-state index contributed by atoms with van der Waals surface area (Å²) >= 11 is 0. The van der Waals surface area contributed by atoms with Crippen LogP contribution in [-0.4, -0.2) is 39.4 Å². The first-order chi connectivity index (χ1) is 15.7. The number of esters is 1. The Hall–Kier alpha value is -4.40. The summed E-state index contributed by atoms with van der Waals surface area (Å²) in [5, 5.41) is 0. The fraction of sp³-hybridized carbons (Fsp3) is 0.130. The van der Waals surface area contributed by atoms with Gasteiger partial charge >= 0.3 is 5.97 Å². The van der Waals surface area contributed by atoms with E-state index in [0.29, 0.717) is 29.5 Å². The number of ether oxygens (including phenoxy) is 4. The Morgan fingerprint density at radius 3 is 2.75 bits per heavy atom. The van der Waals surface area contributed by atoms with E-state index in [0.717, 1.165) is 11.3 Å². The summed E-state index contributed by atoms with van der Waals surface area (Å²) in [4.78, 5) is 25.0. The van der Waals surface area contributed by atoms with Gasteiger partial charge in [-0.2, -0.15) is 4.98 Å². The third-order valence-electron chi connectivity index (χ3n) is 4.86. The Morgan fingerprint density at radius 2 is 1.97 bits per heavy atom. The van der Waals surface area contributed by atoms with Crippen LogP contribution in [0, 0.1) is 0 Å². The van der Waals surface area contributed by atoms with Crippen molar-refractivity contribution in [1.29, 1.82) is 0 Å². The molecule has 0 saturated heterocycles. The summed E-state index contributed by atoms with van der Waals surface area (Å²) in [6.45, 7) is 0.209. The van der Waals surface area contributed by atoms with Gasteiger partial charge in [0.05, 0.1) is 13.4 Å². The van der Waals surface area contributed by atoms with Gasteiger partial charge in [-0.15, -0.1) is 0 Å². The smallest absolute Gasteiger partial charge is 0.345 e. The van der Waals surface area contributed by atoms with Crippen molar-refractivity contribution >= 4 is 5.97 Å². The number of hydrogen-bond donors (Lipinski definition) is 0. The van der Waals surface area contributed by atoms with Gasteiger partial charge in [-0.3, -0.25) is 0 Å². The molecule has 9 nitrogen and oxygen atoms in total.